The van der Waals surface area contributed by atoms with E-state index in [1.54, 1.807) is 0 Å². The Morgan fingerprint density at radius 1 is 1.27 bits per heavy atom. The van der Waals surface area contributed by atoms with Gasteiger partial charge in [0, 0.05) is 0 Å². The van der Waals surface area contributed by atoms with Crippen LogP contribution in [0, 0.1) is 0 Å². The van der Waals surface area contributed by atoms with E-state index < -0.39 is 0 Å². The van der Waals surface area contributed by atoms with Gasteiger partial charge in [0.25, 0.3) is 0 Å². The zero-order chi connectivity index (χ0) is 7.94. The summed E-state index contributed by atoms with van der Waals surface area (Å²) in [5, 5.41) is 0. The van der Waals surface area contributed by atoms with Crippen molar-refractivity contribution in [1.82, 2.24) is 0 Å². The van der Waals surface area contributed by atoms with E-state index in [1.807, 2.05) is 30.3 Å². The second-order valence-corrected chi connectivity index (χ2v) is 2.70. The van der Waals surface area contributed by atoms with Crippen LogP contribution in [0.5, 0.6) is 5.75 Å². The van der Waals surface area contributed by atoms with Crippen LogP contribution in [0.2, 0.25) is 0 Å². The number of hydrogen-bond donors (Lipinski definition) is 0. The second kappa shape index (κ2) is 5.36. The Bertz CT molecular complexity index is 193. The van der Waals surface area contributed by atoms with Gasteiger partial charge in [0.1, 0.15) is 13.9 Å². The van der Waals surface area contributed by atoms with Crippen molar-refractivity contribution in [1.29, 1.82) is 0 Å². The Hall–Kier alpha value is -0.300. The molecule has 1 rings (SSSR count). The monoisotopic (exact) mass is 190 g/mol. The van der Waals surface area contributed by atoms with Crippen LogP contribution >= 0.6 is 19.4 Å². The van der Waals surface area contributed by atoms with Crippen molar-refractivity contribution in [2.75, 3.05) is 6.79 Å². The summed E-state index contributed by atoms with van der Waals surface area (Å²) in [5.74, 6) is 0.794. The predicted octanol–water partition coefficient (Wildman–Crippen LogP) is 2.79. The minimum Gasteiger partial charge on any atom is -0.467 e. The lowest BCUT2D eigenvalue weighted by molar-refractivity contribution is 0.139. The number of ether oxygens (including phenoxy) is 1. The van der Waals surface area contributed by atoms with E-state index in [0.717, 1.165) is 5.75 Å². The van der Waals surface area contributed by atoms with E-state index in [9.17, 15) is 0 Å². The fourth-order valence-electron chi connectivity index (χ4n) is 0.636. The van der Waals surface area contributed by atoms with Gasteiger partial charge in [-0.1, -0.05) is 29.4 Å². The molecule has 0 saturated carbocycles. The number of para-hydroxylation sites is 1. The van der Waals surface area contributed by atoms with Crippen molar-refractivity contribution in [2.24, 2.45) is 0 Å². The van der Waals surface area contributed by atoms with Crippen LogP contribution in [0.3, 0.4) is 0 Å². The molecule has 4 heteroatoms. The average Bonchev–Trinajstić information content (AvgIpc) is 2.07. The lowest BCUT2D eigenvalue weighted by Crippen LogP contribution is -1.95. The molecule has 11 heavy (non-hydrogen) atoms. The van der Waals surface area contributed by atoms with Crippen molar-refractivity contribution < 1.29 is 9.26 Å². The summed E-state index contributed by atoms with van der Waals surface area (Å²) in [6, 6.07) is 9.45. The molecule has 0 aromatic heterocycles. The highest BCUT2D eigenvalue weighted by molar-refractivity contribution is 7.64. The van der Waals surface area contributed by atoms with Crippen LogP contribution in [0.4, 0.5) is 0 Å². The fourth-order valence-corrected chi connectivity index (χ4v) is 0.874. The number of rotatable bonds is 4. The molecule has 0 amide bonds. The van der Waals surface area contributed by atoms with Gasteiger partial charge in [-0.3, -0.25) is 0 Å². The molecular formula is C7H8ClO2P. The van der Waals surface area contributed by atoms with Crippen LogP contribution in [0.1, 0.15) is 0 Å². The first-order chi connectivity index (χ1) is 5.43. The lowest BCUT2D eigenvalue weighted by atomic mass is 10.3. The number of benzene rings is 1. The zero-order valence-corrected chi connectivity index (χ0v) is 7.54. The van der Waals surface area contributed by atoms with Crippen molar-refractivity contribution in [3.05, 3.63) is 30.3 Å². The third-order valence-corrected chi connectivity index (χ3v) is 1.64. The van der Waals surface area contributed by atoms with Crippen molar-refractivity contribution >= 4 is 19.4 Å². The molecule has 0 aliphatic heterocycles. The molecule has 1 aromatic rings. The Kier molecular flexibility index (Phi) is 4.29. The summed E-state index contributed by atoms with van der Waals surface area (Å²) in [6.07, 6.45) is 0. The molecule has 0 spiro atoms. The standard InChI is InChI=1S/C7H8ClO2P/c8-11-10-6-9-7-4-2-1-3-5-7/h1-5,11H,6H2. The highest BCUT2D eigenvalue weighted by atomic mass is 35.7. The minimum atomic E-state index is -0.0433. The van der Waals surface area contributed by atoms with E-state index in [-0.39, 0.29) is 15.0 Å². The van der Waals surface area contributed by atoms with E-state index in [0.29, 0.717) is 0 Å². The summed E-state index contributed by atoms with van der Waals surface area (Å²) < 4.78 is 9.96. The topological polar surface area (TPSA) is 18.5 Å². The summed E-state index contributed by atoms with van der Waals surface area (Å²) in [7, 11) is -0.0433. The second-order valence-electron chi connectivity index (χ2n) is 1.80. The normalized spacial score (nSPS) is 10.6. The molecule has 0 aliphatic carbocycles. The van der Waals surface area contributed by atoms with Crippen molar-refractivity contribution in [3.8, 4) is 5.75 Å². The smallest absolute Gasteiger partial charge is 0.193 e. The molecule has 0 fully saturated rings. The third-order valence-electron chi connectivity index (χ3n) is 1.08. The van der Waals surface area contributed by atoms with Gasteiger partial charge in [0.05, 0.1) is 0 Å². The molecule has 0 saturated heterocycles. The van der Waals surface area contributed by atoms with Crippen LogP contribution < -0.4 is 4.74 Å². The molecule has 1 unspecified atom stereocenters. The van der Waals surface area contributed by atoms with Crippen LogP contribution in [-0.2, 0) is 4.52 Å². The molecule has 0 N–H and O–H groups in total. The van der Waals surface area contributed by atoms with Gasteiger partial charge in [-0.25, -0.2) is 0 Å². The quantitative estimate of drug-likeness (QED) is 0.413. The molecular weight excluding hydrogens is 183 g/mol. The largest absolute Gasteiger partial charge is 0.467 e. The minimum absolute atomic E-state index is 0.0433. The number of hydrogen-bond acceptors (Lipinski definition) is 2. The zero-order valence-electron chi connectivity index (χ0n) is 5.79. The SMILES string of the molecule is ClPOCOc1ccccc1. The van der Waals surface area contributed by atoms with Crippen molar-refractivity contribution in [2.45, 2.75) is 0 Å². The average molecular weight is 191 g/mol. The highest BCUT2D eigenvalue weighted by Crippen LogP contribution is 2.17. The van der Waals surface area contributed by atoms with Crippen LogP contribution in [0.15, 0.2) is 30.3 Å². The predicted molar refractivity (Wildman–Crippen MR) is 47.2 cm³/mol. The van der Waals surface area contributed by atoms with Gasteiger partial charge in [-0.2, -0.15) is 0 Å². The highest BCUT2D eigenvalue weighted by Gasteiger charge is 1.88. The maximum Gasteiger partial charge on any atom is 0.193 e. The van der Waals surface area contributed by atoms with Crippen LogP contribution in [0.25, 0.3) is 0 Å². The molecule has 0 aliphatic rings. The van der Waals surface area contributed by atoms with Crippen LogP contribution in [-0.4, -0.2) is 6.79 Å². The molecule has 0 bridgehead atoms. The maximum atomic E-state index is 5.29. The van der Waals surface area contributed by atoms with E-state index in [4.69, 9.17) is 20.5 Å². The summed E-state index contributed by atoms with van der Waals surface area (Å²) >= 11 is 5.29. The van der Waals surface area contributed by atoms with E-state index in [2.05, 4.69) is 0 Å². The third kappa shape index (κ3) is 3.57. The van der Waals surface area contributed by atoms with Gasteiger partial charge in [0.15, 0.2) is 6.79 Å². The van der Waals surface area contributed by atoms with Gasteiger partial charge in [-0.05, 0) is 12.1 Å². The molecule has 0 radical (unpaired) electrons. The Labute approximate surface area is 72.1 Å². The van der Waals surface area contributed by atoms with Gasteiger partial charge < -0.3 is 9.26 Å². The maximum absolute atomic E-state index is 5.29. The summed E-state index contributed by atoms with van der Waals surface area (Å²) in [4.78, 5) is 0. The fraction of sp³-hybridized carbons (Fsp3) is 0.143. The molecule has 1 atom stereocenters. The van der Waals surface area contributed by atoms with E-state index in [1.165, 1.54) is 0 Å². The van der Waals surface area contributed by atoms with Gasteiger partial charge in [-0.15, -0.1) is 0 Å². The molecule has 2 nitrogen and oxygen atoms in total. The van der Waals surface area contributed by atoms with Crippen molar-refractivity contribution in [3.63, 3.8) is 0 Å². The Morgan fingerprint density at radius 2 is 2.00 bits per heavy atom. The van der Waals surface area contributed by atoms with Gasteiger partial charge in [0.2, 0.25) is 0 Å². The number of halogens is 1. The van der Waals surface area contributed by atoms with Gasteiger partial charge >= 0.3 is 0 Å². The Morgan fingerprint density at radius 3 is 2.64 bits per heavy atom. The molecule has 0 heterocycles. The first-order valence-corrected chi connectivity index (χ1v) is 5.01. The Balaban J connectivity index is 2.28. The lowest BCUT2D eigenvalue weighted by Gasteiger charge is -2.03. The first kappa shape index (κ1) is 8.79. The summed E-state index contributed by atoms with van der Waals surface area (Å²) in [5.41, 5.74) is 0. The molecule has 1 aromatic carbocycles. The first-order valence-electron chi connectivity index (χ1n) is 3.09. The van der Waals surface area contributed by atoms with E-state index >= 15 is 0 Å². The molecule has 60 valence electrons. The summed E-state index contributed by atoms with van der Waals surface area (Å²) in [6.45, 7) is 0.214.